The topological polar surface area (TPSA) is 32.3 Å². The summed E-state index contributed by atoms with van der Waals surface area (Å²) < 4.78 is 48.6. The van der Waals surface area contributed by atoms with E-state index >= 15 is 0 Å². The maximum absolute atomic E-state index is 12.8. The molecule has 20 heavy (non-hydrogen) atoms. The Labute approximate surface area is 114 Å². The number of halogens is 4. The molecule has 7 heteroatoms. The molecule has 1 aromatic rings. The van der Waals surface area contributed by atoms with Crippen LogP contribution in [0, 0.1) is 5.82 Å². The highest BCUT2D eigenvalue weighted by Crippen LogP contribution is 2.19. The monoisotopic (exact) mass is 292 g/mol. The van der Waals surface area contributed by atoms with Crippen LogP contribution >= 0.6 is 0 Å². The first-order valence-corrected chi connectivity index (χ1v) is 5.99. The van der Waals surface area contributed by atoms with Gasteiger partial charge >= 0.3 is 6.18 Å². The molecule has 0 bridgehead atoms. The van der Waals surface area contributed by atoms with Gasteiger partial charge in [-0.1, -0.05) is 12.1 Å². The van der Waals surface area contributed by atoms with E-state index < -0.39 is 25.2 Å². The predicted octanol–water partition coefficient (Wildman–Crippen LogP) is 2.50. The van der Waals surface area contributed by atoms with Crippen molar-refractivity contribution < 1.29 is 22.4 Å². The molecule has 0 saturated carbocycles. The number of rotatable bonds is 5. The summed E-state index contributed by atoms with van der Waals surface area (Å²) in [5.41, 5.74) is 0.707. The number of nitrogens with one attached hydrogen (secondary N) is 1. The van der Waals surface area contributed by atoms with Crippen molar-refractivity contribution in [3.05, 3.63) is 35.6 Å². The fourth-order valence-corrected chi connectivity index (χ4v) is 1.62. The molecule has 0 radical (unpaired) electrons. The molecule has 0 aliphatic carbocycles. The third kappa shape index (κ3) is 5.16. The van der Waals surface area contributed by atoms with E-state index in [1.165, 1.54) is 36.2 Å². The average Bonchev–Trinajstić information content (AvgIpc) is 2.36. The molecule has 1 aromatic carbocycles. The average molecular weight is 292 g/mol. The molecule has 0 fully saturated rings. The van der Waals surface area contributed by atoms with Crippen LogP contribution in [0.25, 0.3) is 0 Å². The Kier molecular flexibility index (Phi) is 5.50. The maximum Gasteiger partial charge on any atom is 0.401 e. The van der Waals surface area contributed by atoms with E-state index in [9.17, 15) is 22.4 Å². The van der Waals surface area contributed by atoms with Gasteiger partial charge < -0.3 is 10.2 Å². The van der Waals surface area contributed by atoms with E-state index in [0.717, 1.165) is 0 Å². The lowest BCUT2D eigenvalue weighted by Gasteiger charge is -2.25. The van der Waals surface area contributed by atoms with Crippen LogP contribution in [0.2, 0.25) is 0 Å². The number of nitrogens with zero attached hydrogens (tertiary/aromatic N) is 1. The first kappa shape index (κ1) is 16.4. The van der Waals surface area contributed by atoms with Crippen molar-refractivity contribution in [2.45, 2.75) is 19.1 Å². The lowest BCUT2D eigenvalue weighted by molar-refractivity contribution is -0.134. The van der Waals surface area contributed by atoms with Gasteiger partial charge in [0.2, 0.25) is 5.91 Å². The highest BCUT2D eigenvalue weighted by atomic mass is 19.4. The third-order valence-electron chi connectivity index (χ3n) is 2.93. The Morgan fingerprint density at radius 1 is 1.30 bits per heavy atom. The van der Waals surface area contributed by atoms with Crippen LogP contribution in [-0.2, 0) is 4.79 Å². The fraction of sp³-hybridized carbons (Fsp3) is 0.462. The van der Waals surface area contributed by atoms with Crippen LogP contribution in [0.5, 0.6) is 0 Å². The lowest BCUT2D eigenvalue weighted by Crippen LogP contribution is -2.40. The summed E-state index contributed by atoms with van der Waals surface area (Å²) in [5, 5.41) is 2.05. The van der Waals surface area contributed by atoms with Gasteiger partial charge in [-0.25, -0.2) is 4.39 Å². The van der Waals surface area contributed by atoms with Gasteiger partial charge in [0.25, 0.3) is 0 Å². The molecule has 1 N–H and O–H groups in total. The molecule has 0 aliphatic heterocycles. The summed E-state index contributed by atoms with van der Waals surface area (Å²) in [6.07, 6.45) is -4.35. The third-order valence-corrected chi connectivity index (χ3v) is 2.93. The zero-order chi connectivity index (χ0) is 15.3. The highest BCUT2D eigenvalue weighted by molar-refractivity contribution is 5.78. The SMILES string of the molecule is CC(c1ccc(F)cc1)N(C)C(=O)CNCC(F)(F)F. The number of hydrogen-bond donors (Lipinski definition) is 1. The minimum atomic E-state index is -4.35. The molecule has 0 spiro atoms. The van der Waals surface area contributed by atoms with Crippen LogP contribution in [-0.4, -0.2) is 37.1 Å². The number of carbonyl (C=O) groups is 1. The maximum atomic E-state index is 12.8. The van der Waals surface area contributed by atoms with Crippen LogP contribution in [0.3, 0.4) is 0 Å². The van der Waals surface area contributed by atoms with Gasteiger partial charge in [-0.15, -0.1) is 0 Å². The van der Waals surface area contributed by atoms with Crippen LogP contribution < -0.4 is 5.32 Å². The number of likely N-dealkylation sites (N-methyl/N-ethyl adjacent to an activating group) is 1. The Bertz CT molecular complexity index is 445. The van der Waals surface area contributed by atoms with Gasteiger partial charge in [-0.2, -0.15) is 13.2 Å². The fourth-order valence-electron chi connectivity index (χ4n) is 1.62. The number of amides is 1. The molecular formula is C13H16F4N2O. The van der Waals surface area contributed by atoms with Gasteiger partial charge in [-0.05, 0) is 24.6 Å². The smallest absolute Gasteiger partial charge is 0.338 e. The predicted molar refractivity (Wildman–Crippen MR) is 66.5 cm³/mol. The highest BCUT2D eigenvalue weighted by Gasteiger charge is 2.27. The first-order chi connectivity index (χ1) is 9.20. The van der Waals surface area contributed by atoms with E-state index in [1.807, 2.05) is 5.32 Å². The standard InChI is InChI=1S/C13H16F4N2O/c1-9(10-3-5-11(14)6-4-10)19(2)12(20)7-18-8-13(15,16)17/h3-6,9,18H,7-8H2,1-2H3. The second-order valence-corrected chi connectivity index (χ2v) is 4.45. The minimum Gasteiger partial charge on any atom is -0.338 e. The molecule has 0 aliphatic rings. The Morgan fingerprint density at radius 3 is 2.35 bits per heavy atom. The van der Waals surface area contributed by atoms with Crippen molar-refractivity contribution >= 4 is 5.91 Å². The summed E-state index contributed by atoms with van der Waals surface area (Å²) in [4.78, 5) is 13.0. The number of benzene rings is 1. The molecule has 1 atom stereocenters. The van der Waals surface area contributed by atoms with Crippen molar-refractivity contribution in [3.63, 3.8) is 0 Å². The van der Waals surface area contributed by atoms with E-state index in [1.54, 1.807) is 6.92 Å². The molecule has 0 aromatic heterocycles. The van der Waals surface area contributed by atoms with Gasteiger partial charge in [0, 0.05) is 7.05 Å². The Balaban J connectivity index is 2.53. The van der Waals surface area contributed by atoms with Crippen LogP contribution in [0.1, 0.15) is 18.5 Å². The number of alkyl halides is 3. The molecule has 0 heterocycles. The van der Waals surface area contributed by atoms with Crippen molar-refractivity contribution in [3.8, 4) is 0 Å². The molecule has 1 amide bonds. The summed E-state index contributed by atoms with van der Waals surface area (Å²) in [6.45, 7) is 0.105. The zero-order valence-corrected chi connectivity index (χ0v) is 11.2. The van der Waals surface area contributed by atoms with Crippen molar-refractivity contribution in [1.29, 1.82) is 0 Å². The second kappa shape index (κ2) is 6.69. The van der Waals surface area contributed by atoms with E-state index in [4.69, 9.17) is 0 Å². The summed E-state index contributed by atoms with van der Waals surface area (Å²) in [6, 6.07) is 5.26. The van der Waals surface area contributed by atoms with Crippen molar-refractivity contribution in [2.24, 2.45) is 0 Å². The van der Waals surface area contributed by atoms with E-state index in [0.29, 0.717) is 5.56 Å². The first-order valence-electron chi connectivity index (χ1n) is 5.99. The number of carbonyl (C=O) groups excluding carboxylic acids is 1. The van der Waals surface area contributed by atoms with Gasteiger partial charge in [0.05, 0.1) is 19.1 Å². The Morgan fingerprint density at radius 2 is 1.85 bits per heavy atom. The van der Waals surface area contributed by atoms with Crippen LogP contribution in [0.15, 0.2) is 24.3 Å². The molecule has 0 saturated heterocycles. The molecule has 1 unspecified atom stereocenters. The lowest BCUT2D eigenvalue weighted by atomic mass is 10.1. The van der Waals surface area contributed by atoms with Gasteiger partial charge in [0.15, 0.2) is 0 Å². The van der Waals surface area contributed by atoms with E-state index in [2.05, 4.69) is 0 Å². The largest absolute Gasteiger partial charge is 0.401 e. The quantitative estimate of drug-likeness (QED) is 0.846. The summed E-state index contributed by atoms with van der Waals surface area (Å²) in [7, 11) is 1.49. The van der Waals surface area contributed by atoms with Crippen molar-refractivity contribution in [2.75, 3.05) is 20.1 Å². The van der Waals surface area contributed by atoms with Gasteiger partial charge in [-0.3, -0.25) is 4.79 Å². The zero-order valence-electron chi connectivity index (χ0n) is 11.2. The molecule has 1 rings (SSSR count). The summed E-state index contributed by atoms with van der Waals surface area (Å²) >= 11 is 0. The molecular weight excluding hydrogens is 276 g/mol. The normalized spacial score (nSPS) is 13.1. The molecule has 3 nitrogen and oxygen atoms in total. The Hall–Kier alpha value is -1.63. The second-order valence-electron chi connectivity index (χ2n) is 4.45. The number of hydrogen-bond acceptors (Lipinski definition) is 2. The van der Waals surface area contributed by atoms with Gasteiger partial charge in [0.1, 0.15) is 5.82 Å². The summed E-state index contributed by atoms with van der Waals surface area (Å²) in [5.74, 6) is -0.854. The van der Waals surface area contributed by atoms with Crippen LogP contribution in [0.4, 0.5) is 17.6 Å². The van der Waals surface area contributed by atoms with E-state index in [-0.39, 0.29) is 11.9 Å². The minimum absolute atomic E-state index is 0.351. The van der Waals surface area contributed by atoms with Crippen molar-refractivity contribution in [1.82, 2.24) is 10.2 Å². The molecule has 112 valence electrons.